The molecule has 3 heterocycles. The molecule has 7 aromatic carbocycles. The van der Waals surface area contributed by atoms with Crippen LogP contribution in [0.3, 0.4) is 0 Å². The van der Waals surface area contributed by atoms with Crippen LogP contribution in [-0.2, 0) is 0 Å². The van der Waals surface area contributed by atoms with Crippen LogP contribution < -0.4 is 0 Å². The molecular weight excluding hydrogens is 611 g/mol. The molecule has 0 fully saturated rings. The summed E-state index contributed by atoms with van der Waals surface area (Å²) in [6.45, 7) is 0. The van der Waals surface area contributed by atoms with E-state index in [1.165, 1.54) is 27.4 Å². The Kier molecular flexibility index (Phi) is 6.46. The van der Waals surface area contributed by atoms with E-state index < -0.39 is 0 Å². The molecule has 0 saturated carbocycles. The molecule has 234 valence electrons. The third-order valence-corrected chi connectivity index (χ3v) is 9.62. The summed E-state index contributed by atoms with van der Waals surface area (Å²) >= 11 is 0. The predicted molar refractivity (Wildman–Crippen MR) is 205 cm³/mol. The highest BCUT2D eigenvalue weighted by molar-refractivity contribution is 6.21. The van der Waals surface area contributed by atoms with Gasteiger partial charge < -0.3 is 8.98 Å². The van der Waals surface area contributed by atoms with E-state index in [0.29, 0.717) is 5.82 Å². The van der Waals surface area contributed by atoms with Gasteiger partial charge in [-0.05, 0) is 65.7 Å². The smallest absolute Gasteiger partial charge is 0.160 e. The number of fused-ring (bicyclic) bond motifs is 6. The first-order valence-electron chi connectivity index (χ1n) is 16.8. The maximum Gasteiger partial charge on any atom is 0.160 e. The summed E-state index contributed by atoms with van der Waals surface area (Å²) in [6, 6.07) is 61.3. The molecule has 0 amide bonds. The molecule has 0 atom stereocenters. The monoisotopic (exact) mass is 639 g/mol. The highest BCUT2D eigenvalue weighted by Crippen LogP contribution is 2.43. The summed E-state index contributed by atoms with van der Waals surface area (Å²) < 4.78 is 8.89. The first-order valence-corrected chi connectivity index (χ1v) is 16.8. The molecule has 0 radical (unpaired) electrons. The van der Waals surface area contributed by atoms with Crippen LogP contribution in [-0.4, -0.2) is 14.5 Å². The SMILES string of the molecule is c1ccc(-c2cc(-c3ccc4oc5cccc(-c6cccc7c6c6ccccc6n7-c6ccccc6)c5c4c3)nc(-c3ccccc3)n2)cc1. The van der Waals surface area contributed by atoms with Crippen molar-refractivity contribution in [3.8, 4) is 50.7 Å². The van der Waals surface area contributed by atoms with Gasteiger partial charge in [-0.15, -0.1) is 0 Å². The van der Waals surface area contributed by atoms with E-state index in [4.69, 9.17) is 14.4 Å². The van der Waals surface area contributed by atoms with Crippen molar-refractivity contribution in [1.29, 1.82) is 0 Å². The Balaban J connectivity index is 1.21. The Bertz CT molecular complexity index is 2800. The van der Waals surface area contributed by atoms with Crippen molar-refractivity contribution in [2.45, 2.75) is 0 Å². The van der Waals surface area contributed by atoms with Crippen molar-refractivity contribution >= 4 is 43.7 Å². The Hall–Kier alpha value is -6.78. The minimum Gasteiger partial charge on any atom is -0.456 e. The van der Waals surface area contributed by atoms with Gasteiger partial charge in [0.25, 0.3) is 0 Å². The Morgan fingerprint density at radius 3 is 1.80 bits per heavy atom. The molecular formula is C46H29N3O. The van der Waals surface area contributed by atoms with Crippen LogP contribution >= 0.6 is 0 Å². The fraction of sp³-hybridized carbons (Fsp3) is 0. The summed E-state index contributed by atoms with van der Waals surface area (Å²) in [7, 11) is 0. The maximum absolute atomic E-state index is 6.53. The molecule has 4 heteroatoms. The van der Waals surface area contributed by atoms with E-state index >= 15 is 0 Å². The van der Waals surface area contributed by atoms with Gasteiger partial charge >= 0.3 is 0 Å². The highest BCUT2D eigenvalue weighted by Gasteiger charge is 2.20. The fourth-order valence-electron chi connectivity index (χ4n) is 7.38. The Labute approximate surface area is 288 Å². The van der Waals surface area contributed by atoms with Crippen molar-refractivity contribution < 1.29 is 4.42 Å². The van der Waals surface area contributed by atoms with Crippen molar-refractivity contribution in [2.75, 3.05) is 0 Å². The molecule has 0 saturated heterocycles. The Morgan fingerprint density at radius 1 is 0.400 bits per heavy atom. The molecule has 0 aliphatic carbocycles. The largest absolute Gasteiger partial charge is 0.456 e. The lowest BCUT2D eigenvalue weighted by Crippen LogP contribution is -1.95. The molecule has 10 aromatic rings. The van der Waals surface area contributed by atoms with Crippen molar-refractivity contribution in [2.24, 2.45) is 0 Å². The maximum atomic E-state index is 6.53. The second kappa shape index (κ2) is 11.4. The van der Waals surface area contributed by atoms with Gasteiger partial charge in [0.05, 0.1) is 22.4 Å². The molecule has 3 aromatic heterocycles. The zero-order chi connectivity index (χ0) is 33.0. The predicted octanol–water partition coefficient (Wildman–Crippen LogP) is 12.1. The number of benzene rings is 7. The molecule has 0 N–H and O–H groups in total. The lowest BCUT2D eigenvalue weighted by atomic mass is 9.95. The van der Waals surface area contributed by atoms with Crippen LogP contribution in [0.2, 0.25) is 0 Å². The zero-order valence-corrected chi connectivity index (χ0v) is 27.0. The quantitative estimate of drug-likeness (QED) is 0.188. The Morgan fingerprint density at radius 2 is 1.02 bits per heavy atom. The van der Waals surface area contributed by atoms with Gasteiger partial charge in [0.15, 0.2) is 5.82 Å². The normalized spacial score (nSPS) is 11.6. The van der Waals surface area contributed by atoms with Crippen LogP contribution in [0.4, 0.5) is 0 Å². The molecule has 4 nitrogen and oxygen atoms in total. The highest BCUT2D eigenvalue weighted by atomic mass is 16.3. The molecule has 0 spiro atoms. The van der Waals surface area contributed by atoms with Gasteiger partial charge in [-0.1, -0.05) is 121 Å². The zero-order valence-electron chi connectivity index (χ0n) is 27.0. The molecule has 10 rings (SSSR count). The van der Waals surface area contributed by atoms with Crippen LogP contribution in [0.15, 0.2) is 180 Å². The van der Waals surface area contributed by atoms with Crippen molar-refractivity contribution in [3.05, 3.63) is 176 Å². The van der Waals surface area contributed by atoms with E-state index in [1.807, 2.05) is 36.4 Å². The number of nitrogens with zero attached hydrogens (tertiary/aromatic N) is 3. The first-order chi connectivity index (χ1) is 24.8. The van der Waals surface area contributed by atoms with E-state index in [2.05, 4.69) is 144 Å². The average Bonchev–Trinajstić information content (AvgIpc) is 3.74. The molecule has 0 aliphatic rings. The van der Waals surface area contributed by atoms with Crippen molar-refractivity contribution in [1.82, 2.24) is 14.5 Å². The van der Waals surface area contributed by atoms with Crippen LogP contribution in [0, 0.1) is 0 Å². The number of furan rings is 1. The number of para-hydroxylation sites is 2. The average molecular weight is 640 g/mol. The van der Waals surface area contributed by atoms with E-state index in [1.54, 1.807) is 0 Å². The van der Waals surface area contributed by atoms with Gasteiger partial charge in [-0.25, -0.2) is 9.97 Å². The minimum atomic E-state index is 0.696. The van der Waals surface area contributed by atoms with Crippen molar-refractivity contribution in [3.63, 3.8) is 0 Å². The van der Waals surface area contributed by atoms with E-state index in [-0.39, 0.29) is 0 Å². The van der Waals surface area contributed by atoms with E-state index in [9.17, 15) is 0 Å². The summed E-state index contributed by atoms with van der Waals surface area (Å²) in [5, 5.41) is 4.59. The standard InChI is InChI=1S/C46H29N3O/c1-4-14-30(15-5-1)38-29-39(48-46(47-38)31-16-6-2-7-17-31)32-26-27-42-37(28-32)45-35(22-13-25-43(45)50-42)34-21-12-24-41-44(34)36-20-10-11-23-40(36)49(41)33-18-8-3-9-19-33/h1-29H. The summed E-state index contributed by atoms with van der Waals surface area (Å²) in [4.78, 5) is 10.1. The lowest BCUT2D eigenvalue weighted by molar-refractivity contribution is 0.669. The first kappa shape index (κ1) is 28.3. The second-order valence-electron chi connectivity index (χ2n) is 12.6. The second-order valence-corrected chi connectivity index (χ2v) is 12.6. The van der Waals surface area contributed by atoms with E-state index in [0.717, 1.165) is 61.3 Å². The summed E-state index contributed by atoms with van der Waals surface area (Å²) in [6.07, 6.45) is 0. The van der Waals surface area contributed by atoms with Crippen LogP contribution in [0.5, 0.6) is 0 Å². The number of hydrogen-bond donors (Lipinski definition) is 0. The van der Waals surface area contributed by atoms with Crippen LogP contribution in [0.25, 0.3) is 94.5 Å². The minimum absolute atomic E-state index is 0.696. The lowest BCUT2D eigenvalue weighted by Gasteiger charge is -2.10. The third-order valence-electron chi connectivity index (χ3n) is 9.62. The topological polar surface area (TPSA) is 43.9 Å². The number of rotatable bonds is 5. The molecule has 0 bridgehead atoms. The third kappa shape index (κ3) is 4.54. The van der Waals surface area contributed by atoms with Gasteiger partial charge in [-0.3, -0.25) is 0 Å². The molecule has 50 heavy (non-hydrogen) atoms. The van der Waals surface area contributed by atoms with Gasteiger partial charge in [0, 0.05) is 43.9 Å². The fourth-order valence-corrected chi connectivity index (χ4v) is 7.38. The summed E-state index contributed by atoms with van der Waals surface area (Å²) in [5.74, 6) is 0.696. The summed E-state index contributed by atoms with van der Waals surface area (Å²) in [5.41, 5.74) is 12.3. The van der Waals surface area contributed by atoms with Gasteiger partial charge in [0.2, 0.25) is 0 Å². The number of aromatic nitrogens is 3. The van der Waals surface area contributed by atoms with Gasteiger partial charge in [0.1, 0.15) is 11.2 Å². The van der Waals surface area contributed by atoms with Crippen LogP contribution in [0.1, 0.15) is 0 Å². The molecule has 0 aliphatic heterocycles. The number of hydrogen-bond acceptors (Lipinski definition) is 3. The van der Waals surface area contributed by atoms with Gasteiger partial charge in [-0.2, -0.15) is 0 Å². The molecule has 0 unspecified atom stereocenters.